The maximum Gasteiger partial charge on any atom is 0.335 e. The Bertz CT molecular complexity index is 1090. The fraction of sp³-hybridized carbons (Fsp3) is 0.333. The molecular weight excluding hydrogens is 440 g/mol. The Balaban J connectivity index is 1.60. The summed E-state index contributed by atoms with van der Waals surface area (Å²) in [5.74, 6) is 0.0854. The van der Waals surface area contributed by atoms with Crippen molar-refractivity contribution in [3.63, 3.8) is 0 Å². The predicted octanol–water partition coefficient (Wildman–Crippen LogP) is 4.16. The van der Waals surface area contributed by atoms with Crippen LogP contribution in [0, 0.1) is 17.8 Å². The molecule has 1 fully saturated rings. The van der Waals surface area contributed by atoms with Crippen molar-refractivity contribution in [2.75, 3.05) is 6.54 Å². The van der Waals surface area contributed by atoms with E-state index in [-0.39, 0.29) is 18.0 Å². The summed E-state index contributed by atoms with van der Waals surface area (Å²) in [6.45, 7) is 1.88. The first-order chi connectivity index (χ1) is 16.2. The number of halogens is 2. The number of nitrogens with zero attached hydrogens (tertiary/aromatic N) is 1. The van der Waals surface area contributed by atoms with Crippen LogP contribution < -0.4 is 0 Å². The summed E-state index contributed by atoms with van der Waals surface area (Å²) < 4.78 is 28.3. The van der Waals surface area contributed by atoms with E-state index in [2.05, 4.69) is 11.8 Å². The van der Waals surface area contributed by atoms with Crippen LogP contribution in [0.5, 0.6) is 0 Å². The lowest BCUT2D eigenvalue weighted by molar-refractivity contribution is -0.148. The van der Waals surface area contributed by atoms with Gasteiger partial charge in [-0.15, -0.1) is 0 Å². The largest absolute Gasteiger partial charge is 0.478 e. The summed E-state index contributed by atoms with van der Waals surface area (Å²) in [6.07, 6.45) is 2.13. The Morgan fingerprint density at radius 2 is 1.88 bits per heavy atom. The van der Waals surface area contributed by atoms with Gasteiger partial charge in [-0.2, -0.15) is 8.78 Å². The standard InChI is InChI=1S/C27H27F2NO4/c1-19(6-5-9-20-7-3-2-4-8-20)24(31)15-14-23-18-27(28,29)26(34)30(23)17-16-21-10-12-22(13-11-21)25(32)33/h2-4,7-8,10-15,19,23-24,31H,6,16-18H2,1H3,(H,32,33)/b15-14+/t19?,23-,24?/m0/s1. The molecular formula is C27H27F2NO4. The molecule has 178 valence electrons. The number of aliphatic hydroxyl groups excluding tert-OH is 1. The third-order valence-corrected chi connectivity index (χ3v) is 5.83. The van der Waals surface area contributed by atoms with Gasteiger partial charge in [0, 0.05) is 24.9 Å². The molecule has 1 saturated heterocycles. The topological polar surface area (TPSA) is 77.8 Å². The van der Waals surface area contributed by atoms with E-state index in [1.807, 2.05) is 37.3 Å². The molecule has 0 aromatic heterocycles. The fourth-order valence-electron chi connectivity index (χ4n) is 3.71. The second kappa shape index (κ2) is 11.1. The van der Waals surface area contributed by atoms with Crippen molar-refractivity contribution >= 4 is 11.9 Å². The first-order valence-corrected chi connectivity index (χ1v) is 11.1. The zero-order valence-corrected chi connectivity index (χ0v) is 18.8. The van der Waals surface area contributed by atoms with Crippen molar-refractivity contribution in [3.8, 4) is 11.8 Å². The molecule has 0 bridgehead atoms. The molecule has 0 saturated carbocycles. The molecule has 2 unspecified atom stereocenters. The number of carboxylic acids is 1. The lowest BCUT2D eigenvalue weighted by atomic mass is 9.99. The van der Waals surface area contributed by atoms with E-state index < -0.39 is 36.4 Å². The van der Waals surface area contributed by atoms with Crippen LogP contribution in [0.3, 0.4) is 0 Å². The number of hydrogen-bond acceptors (Lipinski definition) is 3. The number of benzene rings is 2. The minimum absolute atomic E-state index is 0.0596. The van der Waals surface area contributed by atoms with Gasteiger partial charge < -0.3 is 15.1 Å². The smallest absolute Gasteiger partial charge is 0.335 e. The predicted molar refractivity (Wildman–Crippen MR) is 124 cm³/mol. The zero-order chi connectivity index (χ0) is 24.7. The van der Waals surface area contributed by atoms with Crippen LogP contribution in [0.4, 0.5) is 8.78 Å². The van der Waals surface area contributed by atoms with Crippen LogP contribution in [0.15, 0.2) is 66.7 Å². The second-order valence-electron chi connectivity index (χ2n) is 8.45. The van der Waals surface area contributed by atoms with Gasteiger partial charge in [-0.25, -0.2) is 4.79 Å². The number of carbonyl (C=O) groups excluding carboxylic acids is 1. The monoisotopic (exact) mass is 467 g/mol. The van der Waals surface area contributed by atoms with Crippen molar-refractivity contribution in [1.82, 2.24) is 4.90 Å². The van der Waals surface area contributed by atoms with Crippen molar-refractivity contribution in [2.45, 2.75) is 44.3 Å². The van der Waals surface area contributed by atoms with Crippen LogP contribution in [0.1, 0.15) is 41.3 Å². The van der Waals surface area contributed by atoms with Gasteiger partial charge in [0.25, 0.3) is 5.91 Å². The molecule has 2 aromatic carbocycles. The molecule has 0 aliphatic carbocycles. The van der Waals surface area contributed by atoms with Gasteiger partial charge in [-0.3, -0.25) is 4.79 Å². The van der Waals surface area contributed by atoms with E-state index in [4.69, 9.17) is 5.11 Å². The van der Waals surface area contributed by atoms with E-state index in [9.17, 15) is 23.5 Å². The number of rotatable bonds is 8. The lowest BCUT2D eigenvalue weighted by Crippen LogP contribution is -2.37. The highest BCUT2D eigenvalue weighted by molar-refractivity contribution is 5.87. The highest BCUT2D eigenvalue weighted by Gasteiger charge is 2.52. The molecule has 7 heteroatoms. The summed E-state index contributed by atoms with van der Waals surface area (Å²) in [4.78, 5) is 24.3. The molecule has 1 heterocycles. The Morgan fingerprint density at radius 3 is 2.53 bits per heavy atom. The number of hydrogen-bond donors (Lipinski definition) is 2. The van der Waals surface area contributed by atoms with Crippen molar-refractivity contribution in [2.24, 2.45) is 5.92 Å². The molecule has 1 aliphatic heterocycles. The summed E-state index contributed by atoms with van der Waals surface area (Å²) in [6, 6.07) is 14.7. The highest BCUT2D eigenvalue weighted by Crippen LogP contribution is 2.34. The maximum absolute atomic E-state index is 14.1. The zero-order valence-electron chi connectivity index (χ0n) is 18.8. The SMILES string of the molecule is CC(CC#Cc1ccccc1)C(O)/C=C/[C@H]1CC(F)(F)C(=O)N1CCc1ccc(C(=O)O)cc1. The summed E-state index contributed by atoms with van der Waals surface area (Å²) in [5, 5.41) is 19.4. The third kappa shape index (κ3) is 6.52. The minimum Gasteiger partial charge on any atom is -0.478 e. The molecule has 34 heavy (non-hydrogen) atoms. The number of aromatic carboxylic acids is 1. The number of aliphatic hydroxyl groups is 1. The Labute approximate surface area is 197 Å². The van der Waals surface area contributed by atoms with E-state index in [0.29, 0.717) is 12.8 Å². The number of carboxylic acid groups (broad SMARTS) is 1. The highest BCUT2D eigenvalue weighted by atomic mass is 19.3. The summed E-state index contributed by atoms with van der Waals surface area (Å²) in [7, 11) is 0. The maximum atomic E-state index is 14.1. The van der Waals surface area contributed by atoms with Crippen LogP contribution >= 0.6 is 0 Å². The molecule has 3 rings (SSSR count). The van der Waals surface area contributed by atoms with E-state index >= 15 is 0 Å². The number of carbonyl (C=O) groups is 2. The molecule has 2 aromatic rings. The average Bonchev–Trinajstić information content (AvgIpc) is 3.04. The Morgan fingerprint density at radius 1 is 1.21 bits per heavy atom. The minimum atomic E-state index is -3.46. The second-order valence-corrected chi connectivity index (χ2v) is 8.45. The summed E-state index contributed by atoms with van der Waals surface area (Å²) in [5.41, 5.74) is 1.74. The Hall–Kier alpha value is -3.50. The molecule has 0 spiro atoms. The number of likely N-dealkylation sites (tertiary alicyclic amines) is 1. The van der Waals surface area contributed by atoms with Gasteiger partial charge >= 0.3 is 11.9 Å². The van der Waals surface area contributed by atoms with E-state index in [1.165, 1.54) is 24.3 Å². The van der Waals surface area contributed by atoms with Crippen molar-refractivity contribution in [1.29, 1.82) is 0 Å². The quantitative estimate of drug-likeness (QED) is 0.452. The van der Waals surface area contributed by atoms with E-state index in [0.717, 1.165) is 16.0 Å². The first-order valence-electron chi connectivity index (χ1n) is 11.1. The van der Waals surface area contributed by atoms with Crippen LogP contribution in [-0.2, 0) is 11.2 Å². The van der Waals surface area contributed by atoms with Gasteiger partial charge in [-0.05, 0) is 42.2 Å². The van der Waals surface area contributed by atoms with Gasteiger partial charge in [0.05, 0.1) is 17.7 Å². The number of amides is 1. The Kier molecular flexibility index (Phi) is 8.19. The van der Waals surface area contributed by atoms with E-state index in [1.54, 1.807) is 12.1 Å². The number of alkyl halides is 2. The first kappa shape index (κ1) is 25.1. The van der Waals surface area contributed by atoms with Gasteiger partial charge in [0.1, 0.15) is 0 Å². The van der Waals surface area contributed by atoms with Crippen LogP contribution in [0.25, 0.3) is 0 Å². The molecule has 3 atom stereocenters. The molecule has 5 nitrogen and oxygen atoms in total. The lowest BCUT2D eigenvalue weighted by Gasteiger charge is -2.22. The van der Waals surface area contributed by atoms with Crippen LogP contribution in [0.2, 0.25) is 0 Å². The fourth-order valence-corrected chi connectivity index (χ4v) is 3.71. The third-order valence-electron chi connectivity index (χ3n) is 5.83. The average molecular weight is 468 g/mol. The van der Waals surface area contributed by atoms with Crippen LogP contribution in [-0.4, -0.2) is 51.6 Å². The van der Waals surface area contributed by atoms with Crippen molar-refractivity contribution in [3.05, 3.63) is 83.4 Å². The van der Waals surface area contributed by atoms with Gasteiger partial charge in [0.15, 0.2) is 0 Å². The normalized spacial score (nSPS) is 19.0. The molecule has 1 amide bonds. The molecule has 0 radical (unpaired) electrons. The summed E-state index contributed by atoms with van der Waals surface area (Å²) >= 11 is 0. The van der Waals surface area contributed by atoms with Gasteiger partial charge in [0.2, 0.25) is 0 Å². The van der Waals surface area contributed by atoms with Gasteiger partial charge in [-0.1, -0.05) is 61.2 Å². The molecule has 1 aliphatic rings. The van der Waals surface area contributed by atoms with Crippen molar-refractivity contribution < 1.29 is 28.6 Å². The molecule has 2 N–H and O–H groups in total.